The van der Waals surface area contributed by atoms with Crippen LogP contribution in [0.2, 0.25) is 12.6 Å². The Morgan fingerprint density at radius 2 is 1.93 bits per heavy atom. The predicted octanol–water partition coefficient (Wildman–Crippen LogP) is 0.862. The van der Waals surface area contributed by atoms with Crippen LogP contribution >= 0.6 is 0 Å². The van der Waals surface area contributed by atoms with Gasteiger partial charge in [-0.3, -0.25) is 0 Å². The zero-order valence-electron chi connectivity index (χ0n) is 9.18. The SMILES string of the molecule is CC(C[SiH2]O[Si](C)(O)O)c1ccccc1. The quantitative estimate of drug-likeness (QED) is 0.753. The summed E-state index contributed by atoms with van der Waals surface area (Å²) < 4.78 is 5.11. The molecule has 15 heavy (non-hydrogen) atoms. The number of benzene rings is 1. The minimum Gasteiger partial charge on any atom is -0.422 e. The molecule has 2 N–H and O–H groups in total. The van der Waals surface area contributed by atoms with Crippen molar-refractivity contribution in [2.45, 2.75) is 25.4 Å². The third-order valence-electron chi connectivity index (χ3n) is 2.29. The minimum atomic E-state index is -3.26. The number of rotatable bonds is 5. The Morgan fingerprint density at radius 1 is 1.33 bits per heavy atom. The smallest absolute Gasteiger partial charge is 0.422 e. The van der Waals surface area contributed by atoms with Crippen LogP contribution in [-0.2, 0) is 4.12 Å². The molecule has 1 rings (SSSR count). The van der Waals surface area contributed by atoms with Crippen molar-refractivity contribution in [2.24, 2.45) is 0 Å². The highest BCUT2D eigenvalue weighted by atomic mass is 28.4. The minimum absolute atomic E-state index is 0.439. The molecule has 0 fully saturated rings. The number of hydrogen-bond donors (Lipinski definition) is 2. The summed E-state index contributed by atoms with van der Waals surface area (Å²) in [4.78, 5) is 18.2. The fourth-order valence-corrected chi connectivity index (χ4v) is 4.08. The van der Waals surface area contributed by atoms with Gasteiger partial charge in [-0.05, 0) is 17.5 Å². The lowest BCUT2D eigenvalue weighted by molar-refractivity contribution is 0.255. The molecule has 84 valence electrons. The lowest BCUT2D eigenvalue weighted by Gasteiger charge is -2.15. The van der Waals surface area contributed by atoms with Gasteiger partial charge < -0.3 is 13.7 Å². The molecule has 0 aliphatic rings. The highest BCUT2D eigenvalue weighted by molar-refractivity contribution is 6.62. The van der Waals surface area contributed by atoms with Crippen molar-refractivity contribution < 1.29 is 13.7 Å². The van der Waals surface area contributed by atoms with Crippen LogP contribution in [0.15, 0.2) is 30.3 Å². The van der Waals surface area contributed by atoms with E-state index in [9.17, 15) is 0 Å². The van der Waals surface area contributed by atoms with E-state index in [0.717, 1.165) is 6.04 Å². The van der Waals surface area contributed by atoms with Crippen molar-refractivity contribution in [1.82, 2.24) is 0 Å². The third-order valence-corrected chi connectivity index (χ3v) is 6.40. The van der Waals surface area contributed by atoms with Gasteiger partial charge in [-0.1, -0.05) is 37.3 Å². The molecule has 0 bridgehead atoms. The molecule has 0 radical (unpaired) electrons. The highest BCUT2D eigenvalue weighted by Crippen LogP contribution is 2.18. The van der Waals surface area contributed by atoms with Crippen LogP contribution in [0.25, 0.3) is 0 Å². The number of hydrogen-bond acceptors (Lipinski definition) is 3. The normalized spacial score (nSPS) is 14.7. The fourth-order valence-electron chi connectivity index (χ4n) is 1.38. The van der Waals surface area contributed by atoms with Crippen LogP contribution in [0.1, 0.15) is 18.4 Å². The van der Waals surface area contributed by atoms with E-state index in [-0.39, 0.29) is 0 Å². The van der Waals surface area contributed by atoms with E-state index in [0.29, 0.717) is 5.92 Å². The Labute approximate surface area is 94.0 Å². The van der Waals surface area contributed by atoms with Crippen LogP contribution in [0.3, 0.4) is 0 Å². The first kappa shape index (κ1) is 12.6. The Morgan fingerprint density at radius 3 is 2.47 bits per heavy atom. The first-order chi connectivity index (χ1) is 6.99. The van der Waals surface area contributed by atoms with E-state index < -0.39 is 18.6 Å². The largest absolute Gasteiger partial charge is 0.481 e. The molecule has 0 aliphatic heterocycles. The molecule has 1 aromatic rings. The van der Waals surface area contributed by atoms with Crippen molar-refractivity contribution in [3.8, 4) is 0 Å². The van der Waals surface area contributed by atoms with E-state index in [1.165, 1.54) is 12.1 Å². The van der Waals surface area contributed by atoms with Crippen LogP contribution in [-0.4, -0.2) is 28.2 Å². The summed E-state index contributed by atoms with van der Waals surface area (Å²) in [7, 11) is -4.09. The molecule has 5 heteroatoms. The summed E-state index contributed by atoms with van der Waals surface area (Å²) in [5, 5.41) is 0. The Bertz CT molecular complexity index is 284. The van der Waals surface area contributed by atoms with Crippen LogP contribution in [0, 0.1) is 0 Å². The summed E-state index contributed by atoms with van der Waals surface area (Å²) in [5.74, 6) is 0.439. The lowest BCUT2D eigenvalue weighted by atomic mass is 10.0. The summed E-state index contributed by atoms with van der Waals surface area (Å²) in [6.07, 6.45) is 0. The van der Waals surface area contributed by atoms with Gasteiger partial charge in [-0.2, -0.15) is 0 Å². The van der Waals surface area contributed by atoms with Gasteiger partial charge in [-0.25, -0.2) is 0 Å². The van der Waals surface area contributed by atoms with Gasteiger partial charge in [0.1, 0.15) is 0 Å². The maximum absolute atomic E-state index is 9.11. The molecule has 0 spiro atoms. The van der Waals surface area contributed by atoms with E-state index in [1.807, 2.05) is 18.2 Å². The Balaban J connectivity index is 2.34. The molecule has 0 saturated heterocycles. The van der Waals surface area contributed by atoms with E-state index in [4.69, 9.17) is 13.7 Å². The van der Waals surface area contributed by atoms with Crippen molar-refractivity contribution in [3.05, 3.63) is 35.9 Å². The standard InChI is InChI=1S/C10H18O3Si2/c1-9(8-14-13-15(2,11)12)10-6-4-3-5-7-10/h3-7,9,11-12H,8,14H2,1-2H3. The van der Waals surface area contributed by atoms with Gasteiger partial charge in [0.25, 0.3) is 0 Å². The van der Waals surface area contributed by atoms with Gasteiger partial charge in [0.2, 0.25) is 0 Å². The van der Waals surface area contributed by atoms with Gasteiger partial charge in [0, 0.05) is 6.55 Å². The maximum Gasteiger partial charge on any atom is 0.481 e. The van der Waals surface area contributed by atoms with E-state index in [1.54, 1.807) is 0 Å². The van der Waals surface area contributed by atoms with E-state index in [2.05, 4.69) is 19.1 Å². The second kappa shape index (κ2) is 5.57. The second-order valence-corrected chi connectivity index (χ2v) is 7.89. The van der Waals surface area contributed by atoms with Crippen molar-refractivity contribution >= 4 is 18.6 Å². The van der Waals surface area contributed by atoms with Crippen molar-refractivity contribution in [1.29, 1.82) is 0 Å². The zero-order valence-corrected chi connectivity index (χ0v) is 11.6. The molecular weight excluding hydrogens is 224 g/mol. The molecule has 0 aromatic heterocycles. The molecule has 1 atom stereocenters. The van der Waals surface area contributed by atoms with Gasteiger partial charge >= 0.3 is 8.80 Å². The van der Waals surface area contributed by atoms with Crippen LogP contribution in [0.5, 0.6) is 0 Å². The van der Waals surface area contributed by atoms with Gasteiger partial charge in [-0.15, -0.1) is 0 Å². The molecule has 0 amide bonds. The lowest BCUT2D eigenvalue weighted by Crippen LogP contribution is -2.36. The zero-order chi connectivity index (χ0) is 11.3. The summed E-state index contributed by atoms with van der Waals surface area (Å²) >= 11 is 0. The molecule has 1 aromatic carbocycles. The predicted molar refractivity (Wildman–Crippen MR) is 65.3 cm³/mol. The molecular formula is C10H18O3Si2. The summed E-state index contributed by atoms with van der Waals surface area (Å²) in [5.41, 5.74) is 1.29. The topological polar surface area (TPSA) is 49.7 Å². The maximum atomic E-state index is 9.11. The fraction of sp³-hybridized carbons (Fsp3) is 0.400. The molecule has 0 saturated carbocycles. The average molecular weight is 242 g/mol. The second-order valence-electron chi connectivity index (χ2n) is 3.88. The third kappa shape index (κ3) is 5.24. The van der Waals surface area contributed by atoms with Gasteiger partial charge in [0.15, 0.2) is 9.76 Å². The highest BCUT2D eigenvalue weighted by Gasteiger charge is 2.23. The molecule has 1 unspecified atom stereocenters. The molecule has 0 aliphatic carbocycles. The first-order valence-electron chi connectivity index (χ1n) is 5.12. The summed E-state index contributed by atoms with van der Waals surface area (Å²) in [6, 6.07) is 11.2. The first-order valence-corrected chi connectivity index (χ1v) is 9.00. The van der Waals surface area contributed by atoms with Crippen LogP contribution < -0.4 is 0 Å². The summed E-state index contributed by atoms with van der Waals surface area (Å²) in [6.45, 7) is 3.52. The Kier molecular flexibility index (Phi) is 4.68. The van der Waals surface area contributed by atoms with Crippen molar-refractivity contribution in [3.63, 3.8) is 0 Å². The van der Waals surface area contributed by atoms with Crippen LogP contribution in [0.4, 0.5) is 0 Å². The van der Waals surface area contributed by atoms with Crippen molar-refractivity contribution in [2.75, 3.05) is 0 Å². The molecule has 0 heterocycles. The monoisotopic (exact) mass is 242 g/mol. The van der Waals surface area contributed by atoms with Gasteiger partial charge in [0.05, 0.1) is 0 Å². The average Bonchev–Trinajstić information content (AvgIpc) is 2.17. The molecule has 3 nitrogen and oxygen atoms in total. The van der Waals surface area contributed by atoms with E-state index >= 15 is 0 Å². The Hall–Kier alpha value is -0.466.